The molecule has 0 aliphatic carbocycles. The van der Waals surface area contributed by atoms with E-state index in [1.165, 1.54) is 0 Å². The summed E-state index contributed by atoms with van der Waals surface area (Å²) in [5.74, 6) is 0. The molecule has 0 amide bonds. The Kier molecular flexibility index (Phi) is 81.8. The normalized spacial score (nSPS) is 4.22. The van der Waals surface area contributed by atoms with Crippen molar-refractivity contribution in [3.8, 4) is 0 Å². The number of halogens is 5. The average Bonchev–Trinajstić information content (AvgIpc) is 1.38. The van der Waals surface area contributed by atoms with E-state index in [0.29, 0.717) is 6.42 Å². The van der Waals surface area contributed by atoms with Gasteiger partial charge in [0.2, 0.25) is 5.24 Å². The quantitative estimate of drug-likeness (QED) is 0.642. The van der Waals surface area contributed by atoms with Gasteiger partial charge >= 0.3 is 0 Å². The first kappa shape index (κ1) is 32.1. The van der Waals surface area contributed by atoms with Crippen LogP contribution in [0.2, 0.25) is 0 Å². The smallest absolute Gasteiger partial charge is 0.221 e. The lowest BCUT2D eigenvalue weighted by Gasteiger charge is -1.68. The van der Waals surface area contributed by atoms with Gasteiger partial charge in [-0.1, -0.05) is 6.92 Å². The van der Waals surface area contributed by atoms with Crippen LogP contribution in [0.5, 0.6) is 0 Å². The molecular formula is C3H9Cl5O. The summed E-state index contributed by atoms with van der Waals surface area (Å²) in [5.41, 5.74) is 0. The van der Waals surface area contributed by atoms with Crippen LogP contribution in [0.15, 0.2) is 0 Å². The molecule has 0 spiro atoms. The second-order valence-corrected chi connectivity index (χ2v) is 1.13. The van der Waals surface area contributed by atoms with E-state index in [9.17, 15) is 4.79 Å². The Hall–Kier alpha value is 1.12. The molecule has 0 fully saturated rings. The van der Waals surface area contributed by atoms with Crippen molar-refractivity contribution in [1.29, 1.82) is 0 Å². The van der Waals surface area contributed by atoms with Gasteiger partial charge in [-0.15, -0.1) is 49.6 Å². The molecule has 0 N–H and O–H groups in total. The molecule has 0 saturated carbocycles. The zero-order chi connectivity index (χ0) is 4.28. The Labute approximate surface area is 84.5 Å². The van der Waals surface area contributed by atoms with Crippen molar-refractivity contribution in [2.45, 2.75) is 13.3 Å². The van der Waals surface area contributed by atoms with E-state index < -0.39 is 0 Å². The first-order chi connectivity index (χ1) is 2.27. The zero-order valence-electron chi connectivity index (χ0n) is 4.63. The molecule has 0 aromatic rings. The van der Waals surface area contributed by atoms with Gasteiger partial charge in [-0.3, -0.25) is 4.79 Å². The van der Waals surface area contributed by atoms with Gasteiger partial charge in [0.1, 0.15) is 0 Å². The van der Waals surface area contributed by atoms with E-state index in [-0.39, 0.29) is 54.9 Å². The van der Waals surface area contributed by atoms with E-state index in [1.54, 1.807) is 6.92 Å². The van der Waals surface area contributed by atoms with Crippen LogP contribution in [0, 0.1) is 0 Å². The molecule has 0 aromatic heterocycles. The van der Waals surface area contributed by atoms with Gasteiger partial charge in [0.25, 0.3) is 0 Å². The summed E-state index contributed by atoms with van der Waals surface area (Å²) in [6.45, 7) is 1.72. The second-order valence-electron chi connectivity index (χ2n) is 0.709. The average molecular weight is 238 g/mol. The Morgan fingerprint density at radius 2 is 1.33 bits per heavy atom. The predicted octanol–water partition coefficient (Wildman–Crippen LogP) is 2.85. The molecular weight excluding hydrogens is 229 g/mol. The van der Waals surface area contributed by atoms with Crippen LogP contribution in [0.25, 0.3) is 0 Å². The van der Waals surface area contributed by atoms with E-state index >= 15 is 0 Å². The first-order valence-corrected chi connectivity index (χ1v) is 1.83. The second kappa shape index (κ2) is 22.9. The third-order valence-electron chi connectivity index (χ3n) is 0.278. The maximum atomic E-state index is 9.58. The summed E-state index contributed by atoms with van der Waals surface area (Å²) in [5, 5.41) is -0.273. The molecule has 9 heavy (non-hydrogen) atoms. The van der Waals surface area contributed by atoms with Gasteiger partial charge in [-0.05, 0) is 11.6 Å². The van der Waals surface area contributed by atoms with Crippen molar-refractivity contribution in [3.63, 3.8) is 0 Å². The predicted molar refractivity (Wildman–Crippen MR) is 50.1 cm³/mol. The minimum Gasteiger partial charge on any atom is -0.281 e. The summed E-state index contributed by atoms with van der Waals surface area (Å²) < 4.78 is 0. The number of carbonyl (C=O) groups is 1. The van der Waals surface area contributed by atoms with Crippen molar-refractivity contribution in [2.24, 2.45) is 0 Å². The molecule has 0 unspecified atom stereocenters. The van der Waals surface area contributed by atoms with Crippen LogP contribution < -0.4 is 0 Å². The Bertz CT molecular complexity index is 47.5. The van der Waals surface area contributed by atoms with Gasteiger partial charge in [-0.25, -0.2) is 0 Å². The lowest BCUT2D eigenvalue weighted by molar-refractivity contribution is -0.111. The van der Waals surface area contributed by atoms with Crippen LogP contribution in [0.3, 0.4) is 0 Å². The topological polar surface area (TPSA) is 17.1 Å². The third kappa shape index (κ3) is 47.5. The molecule has 62 valence electrons. The maximum Gasteiger partial charge on any atom is 0.221 e. The zero-order valence-corrected chi connectivity index (χ0v) is 8.65. The molecule has 6 heteroatoms. The van der Waals surface area contributed by atoms with Gasteiger partial charge in [0.05, 0.1) is 0 Å². The lowest BCUT2D eigenvalue weighted by Crippen LogP contribution is -1.74. The van der Waals surface area contributed by atoms with Crippen LogP contribution in [0.4, 0.5) is 0 Å². The van der Waals surface area contributed by atoms with Crippen molar-refractivity contribution >= 4 is 66.5 Å². The van der Waals surface area contributed by atoms with Gasteiger partial charge < -0.3 is 0 Å². The molecule has 0 aromatic carbocycles. The summed E-state index contributed by atoms with van der Waals surface area (Å²) in [6, 6.07) is 0. The maximum absolute atomic E-state index is 9.58. The van der Waals surface area contributed by atoms with Crippen LogP contribution in [0.1, 0.15) is 13.3 Å². The van der Waals surface area contributed by atoms with E-state index in [1.807, 2.05) is 0 Å². The Morgan fingerprint density at radius 3 is 1.33 bits per heavy atom. The number of hydrogen-bond acceptors (Lipinski definition) is 1. The Morgan fingerprint density at radius 1 is 1.22 bits per heavy atom. The summed E-state index contributed by atoms with van der Waals surface area (Å²) in [7, 11) is 0. The fourth-order valence-electron chi connectivity index (χ4n) is 0. The highest BCUT2D eigenvalue weighted by Crippen LogP contribution is 1.81. The minimum atomic E-state index is -0.273. The summed E-state index contributed by atoms with van der Waals surface area (Å²) >= 11 is 4.82. The van der Waals surface area contributed by atoms with Crippen LogP contribution in [-0.4, -0.2) is 5.24 Å². The molecule has 0 radical (unpaired) electrons. The Balaban J connectivity index is -0.0000000133. The summed E-state index contributed by atoms with van der Waals surface area (Å²) in [4.78, 5) is 9.58. The van der Waals surface area contributed by atoms with Crippen molar-refractivity contribution in [3.05, 3.63) is 0 Å². The molecule has 0 aliphatic rings. The van der Waals surface area contributed by atoms with Crippen molar-refractivity contribution in [1.82, 2.24) is 0 Å². The molecule has 0 aliphatic heterocycles. The van der Waals surface area contributed by atoms with Gasteiger partial charge in [0, 0.05) is 6.42 Å². The number of carbonyl (C=O) groups excluding carboxylic acids is 1. The molecule has 0 rings (SSSR count). The van der Waals surface area contributed by atoms with E-state index in [2.05, 4.69) is 0 Å². The van der Waals surface area contributed by atoms with E-state index in [4.69, 9.17) is 11.6 Å². The highest BCUT2D eigenvalue weighted by molar-refractivity contribution is 6.63. The highest BCUT2D eigenvalue weighted by atomic mass is 35.5. The summed E-state index contributed by atoms with van der Waals surface area (Å²) in [6.07, 6.45) is 0.432. The minimum absolute atomic E-state index is 0. The molecule has 0 heterocycles. The van der Waals surface area contributed by atoms with Crippen molar-refractivity contribution < 1.29 is 4.79 Å². The van der Waals surface area contributed by atoms with E-state index in [0.717, 1.165) is 0 Å². The monoisotopic (exact) mass is 236 g/mol. The standard InChI is InChI=1S/C3H5ClO.4ClH/c1-2-3(4)5;;;;/h2H2,1H3;4*1H. The molecule has 0 bridgehead atoms. The molecule has 0 saturated heterocycles. The third-order valence-corrected chi connectivity index (χ3v) is 0.545. The highest BCUT2D eigenvalue weighted by Gasteiger charge is 1.81. The van der Waals surface area contributed by atoms with Gasteiger partial charge in [-0.2, -0.15) is 0 Å². The van der Waals surface area contributed by atoms with Crippen LogP contribution >= 0.6 is 61.2 Å². The molecule has 0 atom stereocenters. The fourth-order valence-corrected chi connectivity index (χ4v) is 0. The van der Waals surface area contributed by atoms with Gasteiger partial charge in [0.15, 0.2) is 0 Å². The largest absolute Gasteiger partial charge is 0.281 e. The van der Waals surface area contributed by atoms with Crippen molar-refractivity contribution in [2.75, 3.05) is 0 Å². The molecule has 1 nitrogen and oxygen atoms in total. The van der Waals surface area contributed by atoms with Crippen LogP contribution in [-0.2, 0) is 4.79 Å². The number of rotatable bonds is 1. The lowest BCUT2D eigenvalue weighted by atomic mass is 10.6. The fraction of sp³-hybridized carbons (Fsp3) is 0.667. The number of hydrogen-bond donors (Lipinski definition) is 0. The first-order valence-electron chi connectivity index (χ1n) is 1.45. The SMILES string of the molecule is CCC(=O)Cl.Cl.Cl.Cl.Cl.